The van der Waals surface area contributed by atoms with E-state index in [9.17, 15) is 8.42 Å². The standard InChI is InChI=1S/C10H9BrN4O2S/c11-7-1-2-9(8(12)5-7)18(16,17)15-10-6-13-3-4-14-10/h1-6H,12H2,(H,14,15). The number of nitrogens with two attached hydrogens (primary N) is 1. The van der Waals surface area contributed by atoms with Crippen LogP contribution in [0.1, 0.15) is 0 Å². The molecule has 3 N–H and O–H groups in total. The summed E-state index contributed by atoms with van der Waals surface area (Å²) in [6.45, 7) is 0. The fraction of sp³-hybridized carbons (Fsp3) is 0. The summed E-state index contributed by atoms with van der Waals surface area (Å²) in [4.78, 5) is 7.60. The summed E-state index contributed by atoms with van der Waals surface area (Å²) < 4.78 is 27.1. The molecule has 1 aromatic carbocycles. The van der Waals surface area contributed by atoms with Crippen molar-refractivity contribution in [3.8, 4) is 0 Å². The first kappa shape index (κ1) is 12.8. The normalized spacial score (nSPS) is 11.2. The quantitative estimate of drug-likeness (QED) is 0.834. The van der Waals surface area contributed by atoms with E-state index in [0.29, 0.717) is 4.47 Å². The molecule has 94 valence electrons. The number of halogens is 1. The zero-order valence-electron chi connectivity index (χ0n) is 9.04. The highest BCUT2D eigenvalue weighted by Crippen LogP contribution is 2.24. The molecule has 0 saturated carbocycles. The van der Waals surface area contributed by atoms with E-state index in [-0.39, 0.29) is 16.4 Å². The van der Waals surface area contributed by atoms with E-state index in [1.807, 2.05) is 0 Å². The monoisotopic (exact) mass is 328 g/mol. The fourth-order valence-corrected chi connectivity index (χ4v) is 2.79. The second kappa shape index (κ2) is 4.91. The zero-order chi connectivity index (χ0) is 13.2. The van der Waals surface area contributed by atoms with Gasteiger partial charge in [0, 0.05) is 16.9 Å². The molecule has 8 heteroatoms. The molecule has 0 saturated heterocycles. The molecule has 6 nitrogen and oxygen atoms in total. The topological polar surface area (TPSA) is 98.0 Å². The van der Waals surface area contributed by atoms with Gasteiger partial charge in [-0.1, -0.05) is 15.9 Å². The minimum absolute atomic E-state index is 0.00338. The first-order valence-electron chi connectivity index (χ1n) is 4.83. The SMILES string of the molecule is Nc1cc(Br)ccc1S(=O)(=O)Nc1cnccn1. The maximum atomic E-state index is 12.1. The van der Waals surface area contributed by atoms with Gasteiger partial charge in [0.2, 0.25) is 0 Å². The third kappa shape index (κ3) is 2.77. The van der Waals surface area contributed by atoms with Gasteiger partial charge < -0.3 is 5.73 Å². The average molecular weight is 329 g/mol. The molecule has 0 spiro atoms. The lowest BCUT2D eigenvalue weighted by atomic mass is 10.3. The minimum atomic E-state index is -3.76. The van der Waals surface area contributed by atoms with Gasteiger partial charge in [-0.2, -0.15) is 0 Å². The number of benzene rings is 1. The number of nitrogen functional groups attached to an aromatic ring is 1. The van der Waals surface area contributed by atoms with Crippen molar-refractivity contribution in [3.63, 3.8) is 0 Å². The Balaban J connectivity index is 2.37. The Bertz CT molecular complexity index is 661. The Morgan fingerprint density at radius 1 is 1.28 bits per heavy atom. The molecule has 2 rings (SSSR count). The van der Waals surface area contributed by atoms with Crippen molar-refractivity contribution in [2.24, 2.45) is 0 Å². The summed E-state index contributed by atoms with van der Waals surface area (Å²) >= 11 is 3.21. The first-order valence-corrected chi connectivity index (χ1v) is 7.10. The summed E-state index contributed by atoms with van der Waals surface area (Å²) in [6, 6.07) is 4.53. The molecule has 0 unspecified atom stereocenters. The highest BCUT2D eigenvalue weighted by molar-refractivity contribution is 9.10. The van der Waals surface area contributed by atoms with Crippen molar-refractivity contribution in [2.45, 2.75) is 4.90 Å². The Morgan fingerprint density at radius 2 is 2.06 bits per heavy atom. The van der Waals surface area contributed by atoms with Crippen molar-refractivity contribution in [1.82, 2.24) is 9.97 Å². The molecule has 0 atom stereocenters. The maximum Gasteiger partial charge on any atom is 0.265 e. The molecule has 0 aliphatic heterocycles. The lowest BCUT2D eigenvalue weighted by Gasteiger charge is -2.09. The third-order valence-corrected chi connectivity index (χ3v) is 3.99. The fourth-order valence-electron chi connectivity index (χ4n) is 1.31. The predicted octanol–water partition coefficient (Wildman–Crippen LogP) is 1.62. The van der Waals surface area contributed by atoms with Crippen LogP contribution in [0.4, 0.5) is 11.5 Å². The molecule has 0 fully saturated rings. The second-order valence-electron chi connectivity index (χ2n) is 3.38. The van der Waals surface area contributed by atoms with Crippen LogP contribution in [-0.2, 0) is 10.0 Å². The highest BCUT2D eigenvalue weighted by atomic mass is 79.9. The molecular formula is C10H9BrN4O2S. The second-order valence-corrected chi connectivity index (χ2v) is 5.94. The first-order chi connectivity index (χ1) is 8.49. The maximum absolute atomic E-state index is 12.1. The van der Waals surface area contributed by atoms with Crippen molar-refractivity contribution >= 4 is 37.5 Å². The number of rotatable bonds is 3. The van der Waals surface area contributed by atoms with E-state index >= 15 is 0 Å². The van der Waals surface area contributed by atoms with Crippen molar-refractivity contribution < 1.29 is 8.42 Å². The molecule has 0 aliphatic rings. The van der Waals surface area contributed by atoms with Gasteiger partial charge in [-0.25, -0.2) is 13.4 Å². The summed E-state index contributed by atoms with van der Waals surface area (Å²) in [5.74, 6) is 0.139. The summed E-state index contributed by atoms with van der Waals surface area (Å²) in [7, 11) is -3.76. The van der Waals surface area contributed by atoms with Crippen molar-refractivity contribution in [2.75, 3.05) is 10.5 Å². The lowest BCUT2D eigenvalue weighted by Crippen LogP contribution is -2.15. The van der Waals surface area contributed by atoms with Crippen LogP contribution in [0.5, 0.6) is 0 Å². The van der Waals surface area contributed by atoms with E-state index in [1.165, 1.54) is 30.7 Å². The van der Waals surface area contributed by atoms with Gasteiger partial charge >= 0.3 is 0 Å². The summed E-state index contributed by atoms with van der Waals surface area (Å²) in [5.41, 5.74) is 5.83. The van der Waals surface area contributed by atoms with Crippen LogP contribution in [0.2, 0.25) is 0 Å². The van der Waals surface area contributed by atoms with Gasteiger partial charge in [-0.3, -0.25) is 9.71 Å². The Labute approximate surface area is 112 Å². The van der Waals surface area contributed by atoms with Gasteiger partial charge in [-0.15, -0.1) is 0 Å². The van der Waals surface area contributed by atoms with E-state index in [4.69, 9.17) is 5.73 Å². The van der Waals surface area contributed by atoms with Gasteiger partial charge in [0.1, 0.15) is 4.90 Å². The van der Waals surface area contributed by atoms with Crippen LogP contribution in [0.25, 0.3) is 0 Å². The lowest BCUT2D eigenvalue weighted by molar-refractivity contribution is 0.601. The van der Waals surface area contributed by atoms with E-state index in [1.54, 1.807) is 6.07 Å². The Hall–Kier alpha value is -1.67. The minimum Gasteiger partial charge on any atom is -0.398 e. The number of nitrogens with zero attached hydrogens (tertiary/aromatic N) is 2. The molecule has 1 aromatic heterocycles. The molecule has 0 bridgehead atoms. The van der Waals surface area contributed by atoms with Crippen LogP contribution in [-0.4, -0.2) is 18.4 Å². The van der Waals surface area contributed by atoms with Crippen LogP contribution < -0.4 is 10.5 Å². The van der Waals surface area contributed by atoms with Gasteiger partial charge in [-0.05, 0) is 18.2 Å². The van der Waals surface area contributed by atoms with E-state index < -0.39 is 10.0 Å². The third-order valence-electron chi connectivity index (χ3n) is 2.06. The van der Waals surface area contributed by atoms with Crippen molar-refractivity contribution in [1.29, 1.82) is 0 Å². The molecule has 18 heavy (non-hydrogen) atoms. The number of anilines is 2. The van der Waals surface area contributed by atoms with Crippen molar-refractivity contribution in [3.05, 3.63) is 41.3 Å². The van der Waals surface area contributed by atoms with Gasteiger partial charge in [0.05, 0.1) is 11.9 Å². The van der Waals surface area contributed by atoms with Crippen LogP contribution in [0.15, 0.2) is 46.2 Å². The highest BCUT2D eigenvalue weighted by Gasteiger charge is 2.18. The zero-order valence-corrected chi connectivity index (χ0v) is 11.4. The number of hydrogen-bond donors (Lipinski definition) is 2. The van der Waals surface area contributed by atoms with E-state index in [2.05, 4.69) is 30.6 Å². The number of nitrogens with one attached hydrogen (secondary N) is 1. The van der Waals surface area contributed by atoms with Gasteiger partial charge in [0.25, 0.3) is 10.0 Å². The molecule has 0 radical (unpaired) electrons. The molecule has 0 aliphatic carbocycles. The number of aromatic nitrogens is 2. The van der Waals surface area contributed by atoms with Crippen LogP contribution >= 0.6 is 15.9 Å². The predicted molar refractivity (Wildman–Crippen MR) is 71.4 cm³/mol. The summed E-state index contributed by atoms with van der Waals surface area (Å²) in [6.07, 6.45) is 4.15. The summed E-state index contributed by atoms with van der Waals surface area (Å²) in [5, 5.41) is 0. The number of hydrogen-bond acceptors (Lipinski definition) is 5. The Morgan fingerprint density at radius 3 is 2.67 bits per heavy atom. The molecular weight excluding hydrogens is 320 g/mol. The van der Waals surface area contributed by atoms with E-state index in [0.717, 1.165) is 0 Å². The smallest absolute Gasteiger partial charge is 0.265 e. The van der Waals surface area contributed by atoms with Crippen LogP contribution in [0, 0.1) is 0 Å². The molecule has 0 amide bonds. The molecule has 2 aromatic rings. The van der Waals surface area contributed by atoms with Crippen LogP contribution in [0.3, 0.4) is 0 Å². The molecule has 1 heterocycles. The average Bonchev–Trinajstić information content (AvgIpc) is 2.29. The van der Waals surface area contributed by atoms with Gasteiger partial charge in [0.15, 0.2) is 5.82 Å². The largest absolute Gasteiger partial charge is 0.398 e. The Kier molecular flexibility index (Phi) is 3.48. The number of sulfonamides is 1.